The minimum absolute atomic E-state index is 0.0140. The van der Waals surface area contributed by atoms with Gasteiger partial charge in [-0.05, 0) is 38.1 Å². The van der Waals surface area contributed by atoms with Crippen LogP contribution in [0.25, 0.3) is 16.6 Å². The van der Waals surface area contributed by atoms with Gasteiger partial charge in [0.05, 0.1) is 11.9 Å². The van der Waals surface area contributed by atoms with Crippen molar-refractivity contribution in [2.24, 2.45) is 0 Å². The number of fused-ring (bicyclic) bond motifs is 2. The van der Waals surface area contributed by atoms with Crippen LogP contribution in [-0.4, -0.2) is 35.5 Å². The maximum atomic E-state index is 13.8. The van der Waals surface area contributed by atoms with Crippen molar-refractivity contribution in [3.05, 3.63) is 58.1 Å². The first-order valence-electron chi connectivity index (χ1n) is 9.54. The van der Waals surface area contributed by atoms with E-state index in [1.165, 1.54) is 33.7 Å². The molecule has 0 aliphatic carbocycles. The number of hydrogen-bond donors (Lipinski definition) is 1. The van der Waals surface area contributed by atoms with Crippen molar-refractivity contribution >= 4 is 28.3 Å². The standard InChI is InChI=1S/C20H19F2N7O2/c1-11(2)29-15-8-12(20(3,21)22)4-5-13(15)19(31)14(26-29)9-18(30)24-16-6-7-17-25-23-10-28(17)27-16/h4-8,10-11H,9H2,1-3H3,(H,24,27,30). The third-order valence-corrected chi connectivity index (χ3v) is 4.73. The average molecular weight is 427 g/mol. The van der Waals surface area contributed by atoms with Crippen LogP contribution in [-0.2, 0) is 17.1 Å². The molecule has 3 aromatic heterocycles. The highest BCUT2D eigenvalue weighted by Gasteiger charge is 2.26. The predicted octanol–water partition coefficient (Wildman–Crippen LogP) is 2.71. The molecule has 4 rings (SSSR count). The summed E-state index contributed by atoms with van der Waals surface area (Å²) in [5.41, 5.74) is 0.140. The summed E-state index contributed by atoms with van der Waals surface area (Å²) in [7, 11) is 0. The molecule has 0 spiro atoms. The van der Waals surface area contributed by atoms with Gasteiger partial charge >= 0.3 is 0 Å². The van der Waals surface area contributed by atoms with Crippen LogP contribution in [0.2, 0.25) is 0 Å². The summed E-state index contributed by atoms with van der Waals surface area (Å²) in [5, 5.41) is 18.8. The monoisotopic (exact) mass is 427 g/mol. The highest BCUT2D eigenvalue weighted by molar-refractivity contribution is 5.91. The Balaban J connectivity index is 1.68. The van der Waals surface area contributed by atoms with Gasteiger partial charge in [0, 0.05) is 23.9 Å². The number of nitrogens with one attached hydrogen (secondary N) is 1. The van der Waals surface area contributed by atoms with Crippen LogP contribution in [0.5, 0.6) is 0 Å². The number of carbonyl (C=O) groups is 1. The maximum Gasteiger partial charge on any atom is 0.270 e. The minimum Gasteiger partial charge on any atom is -0.309 e. The van der Waals surface area contributed by atoms with Gasteiger partial charge in [0.15, 0.2) is 11.5 Å². The van der Waals surface area contributed by atoms with E-state index in [0.717, 1.165) is 6.92 Å². The number of hydrogen-bond acceptors (Lipinski definition) is 6. The Bertz CT molecular complexity index is 1360. The largest absolute Gasteiger partial charge is 0.309 e. The first-order valence-corrected chi connectivity index (χ1v) is 9.54. The lowest BCUT2D eigenvalue weighted by atomic mass is 10.1. The van der Waals surface area contributed by atoms with E-state index in [2.05, 4.69) is 25.7 Å². The first-order chi connectivity index (χ1) is 14.6. The van der Waals surface area contributed by atoms with E-state index in [1.54, 1.807) is 12.1 Å². The average Bonchev–Trinajstić information content (AvgIpc) is 3.16. The molecule has 0 fully saturated rings. The van der Waals surface area contributed by atoms with E-state index in [-0.39, 0.29) is 34.9 Å². The smallest absolute Gasteiger partial charge is 0.270 e. The Kier molecular flexibility index (Phi) is 4.96. The summed E-state index contributed by atoms with van der Waals surface area (Å²) in [4.78, 5) is 25.4. The Morgan fingerprint density at radius 1 is 1.19 bits per heavy atom. The third kappa shape index (κ3) is 3.98. The summed E-state index contributed by atoms with van der Waals surface area (Å²) >= 11 is 0. The van der Waals surface area contributed by atoms with Crippen LogP contribution >= 0.6 is 0 Å². The van der Waals surface area contributed by atoms with E-state index in [9.17, 15) is 18.4 Å². The molecule has 4 aromatic rings. The predicted molar refractivity (Wildman–Crippen MR) is 109 cm³/mol. The first kappa shape index (κ1) is 20.5. The van der Waals surface area contributed by atoms with Crippen LogP contribution in [0.4, 0.5) is 14.6 Å². The fourth-order valence-corrected chi connectivity index (χ4v) is 3.21. The Morgan fingerprint density at radius 3 is 2.68 bits per heavy atom. The number of carbonyl (C=O) groups excluding carboxylic acids is 1. The number of benzene rings is 1. The summed E-state index contributed by atoms with van der Waals surface area (Å²) in [5.74, 6) is -3.28. The number of anilines is 1. The number of rotatable bonds is 5. The Labute approximate surface area is 174 Å². The van der Waals surface area contributed by atoms with Crippen molar-refractivity contribution in [2.75, 3.05) is 5.32 Å². The van der Waals surface area contributed by atoms with E-state index >= 15 is 0 Å². The number of halogens is 2. The molecule has 0 atom stereocenters. The second-order valence-corrected chi connectivity index (χ2v) is 7.51. The summed E-state index contributed by atoms with van der Waals surface area (Å²) in [6.07, 6.45) is 1.10. The van der Waals surface area contributed by atoms with Gasteiger partial charge in [-0.15, -0.1) is 15.3 Å². The quantitative estimate of drug-likeness (QED) is 0.525. The second kappa shape index (κ2) is 7.49. The number of aromatic nitrogens is 6. The molecule has 0 unspecified atom stereocenters. The van der Waals surface area contributed by atoms with E-state index in [4.69, 9.17) is 0 Å². The molecule has 3 heterocycles. The molecule has 0 aliphatic rings. The van der Waals surface area contributed by atoms with Crippen LogP contribution in [0, 0.1) is 0 Å². The van der Waals surface area contributed by atoms with Gasteiger partial charge in [-0.25, -0.2) is 8.78 Å². The van der Waals surface area contributed by atoms with Crippen molar-refractivity contribution in [1.82, 2.24) is 29.6 Å². The Hall–Kier alpha value is -3.76. The molecule has 1 N–H and O–H groups in total. The summed E-state index contributed by atoms with van der Waals surface area (Å²) < 4.78 is 30.4. The lowest BCUT2D eigenvalue weighted by molar-refractivity contribution is -0.115. The third-order valence-electron chi connectivity index (χ3n) is 4.73. The van der Waals surface area contributed by atoms with Gasteiger partial charge in [0.25, 0.3) is 5.92 Å². The maximum absolute atomic E-state index is 13.8. The molecule has 0 saturated carbocycles. The molecule has 1 aromatic carbocycles. The van der Waals surface area contributed by atoms with Crippen LogP contribution in [0.3, 0.4) is 0 Å². The van der Waals surface area contributed by atoms with Crippen LogP contribution in [0.15, 0.2) is 41.5 Å². The van der Waals surface area contributed by atoms with Crippen molar-refractivity contribution in [1.29, 1.82) is 0 Å². The van der Waals surface area contributed by atoms with Gasteiger partial charge in [0.1, 0.15) is 12.0 Å². The normalized spacial score (nSPS) is 12.1. The Morgan fingerprint density at radius 2 is 1.97 bits per heavy atom. The highest BCUT2D eigenvalue weighted by Crippen LogP contribution is 2.29. The zero-order chi connectivity index (χ0) is 22.3. The van der Waals surface area contributed by atoms with Crippen LogP contribution < -0.4 is 10.7 Å². The van der Waals surface area contributed by atoms with E-state index < -0.39 is 17.3 Å². The zero-order valence-corrected chi connectivity index (χ0v) is 17.0. The number of amides is 1. The van der Waals surface area contributed by atoms with E-state index in [0.29, 0.717) is 11.2 Å². The fraction of sp³-hybridized carbons (Fsp3) is 0.300. The molecule has 1 amide bonds. The molecule has 31 heavy (non-hydrogen) atoms. The van der Waals surface area contributed by atoms with E-state index in [1.807, 2.05) is 13.8 Å². The summed E-state index contributed by atoms with van der Waals surface area (Å²) in [6, 6.07) is 6.82. The number of alkyl halides is 2. The number of nitrogens with zero attached hydrogens (tertiary/aromatic N) is 6. The fourth-order valence-electron chi connectivity index (χ4n) is 3.21. The summed E-state index contributed by atoms with van der Waals surface area (Å²) in [6.45, 7) is 4.43. The molecular weight excluding hydrogens is 408 g/mol. The molecule has 0 radical (unpaired) electrons. The van der Waals surface area contributed by atoms with Gasteiger partial charge in [-0.2, -0.15) is 9.61 Å². The lowest BCUT2D eigenvalue weighted by Gasteiger charge is -2.17. The SMILES string of the molecule is CC(C)n1nc(CC(=O)Nc2ccc3nncn3n2)c(=O)c2ccc(C(C)(F)F)cc21. The van der Waals surface area contributed by atoms with Crippen LogP contribution in [0.1, 0.15) is 38.1 Å². The lowest BCUT2D eigenvalue weighted by Crippen LogP contribution is -2.26. The van der Waals surface area contributed by atoms with Gasteiger partial charge < -0.3 is 5.32 Å². The van der Waals surface area contributed by atoms with Gasteiger partial charge in [-0.3, -0.25) is 14.3 Å². The van der Waals surface area contributed by atoms with Gasteiger partial charge in [0.2, 0.25) is 11.3 Å². The minimum atomic E-state index is -3.05. The zero-order valence-electron chi connectivity index (χ0n) is 17.0. The van der Waals surface area contributed by atoms with Crippen molar-refractivity contribution in [2.45, 2.75) is 39.2 Å². The molecule has 11 heteroatoms. The highest BCUT2D eigenvalue weighted by atomic mass is 19.3. The molecule has 0 bridgehead atoms. The van der Waals surface area contributed by atoms with Crippen molar-refractivity contribution in [3.8, 4) is 0 Å². The topological polar surface area (TPSA) is 107 Å². The molecular formula is C20H19F2N7O2. The van der Waals surface area contributed by atoms with Gasteiger partial charge in [-0.1, -0.05) is 6.07 Å². The molecule has 0 aliphatic heterocycles. The molecule has 9 nitrogen and oxygen atoms in total. The second-order valence-electron chi connectivity index (χ2n) is 7.51. The van der Waals surface area contributed by atoms with Crippen molar-refractivity contribution in [3.63, 3.8) is 0 Å². The molecule has 160 valence electrons. The molecule has 0 saturated heterocycles. The van der Waals surface area contributed by atoms with Crippen molar-refractivity contribution < 1.29 is 13.6 Å².